The average Bonchev–Trinajstić information content (AvgIpc) is 3.05. The first-order valence-electron chi connectivity index (χ1n) is 9.65. The molecule has 0 aromatic carbocycles. The van der Waals surface area contributed by atoms with Crippen molar-refractivity contribution in [2.75, 3.05) is 25.4 Å². The Labute approximate surface area is 163 Å². The van der Waals surface area contributed by atoms with Crippen LogP contribution in [-0.4, -0.2) is 51.8 Å². The zero-order valence-corrected chi connectivity index (χ0v) is 17.0. The molecule has 3 rings (SSSR count). The molecule has 0 saturated carbocycles. The van der Waals surface area contributed by atoms with E-state index in [-0.39, 0.29) is 35.8 Å². The Kier molecular flexibility index (Phi) is 6.24. The van der Waals surface area contributed by atoms with Crippen molar-refractivity contribution in [1.82, 2.24) is 14.5 Å². The third kappa shape index (κ3) is 4.05. The molecule has 2 unspecified atom stereocenters. The summed E-state index contributed by atoms with van der Waals surface area (Å²) in [6.07, 6.45) is 2.46. The van der Waals surface area contributed by atoms with Crippen LogP contribution < -0.4 is 5.56 Å². The van der Waals surface area contributed by atoms with Gasteiger partial charge in [-0.25, -0.2) is 4.98 Å². The SMILES string of the molecule is CCOC(=O)C1CCCN(C(=O)CC2CSc3nc(C)c(CC)c(=O)n32)C1. The summed E-state index contributed by atoms with van der Waals surface area (Å²) < 4.78 is 6.80. The maximum absolute atomic E-state index is 12.9. The largest absolute Gasteiger partial charge is 0.466 e. The maximum atomic E-state index is 12.9. The molecular formula is C19H27N3O4S. The Balaban J connectivity index is 1.72. The number of amides is 1. The van der Waals surface area contributed by atoms with Crippen LogP contribution in [0.25, 0.3) is 0 Å². The monoisotopic (exact) mass is 393 g/mol. The van der Waals surface area contributed by atoms with Crippen LogP contribution >= 0.6 is 11.8 Å². The van der Waals surface area contributed by atoms with E-state index < -0.39 is 0 Å². The molecule has 1 saturated heterocycles. The van der Waals surface area contributed by atoms with Crippen molar-refractivity contribution in [2.24, 2.45) is 5.92 Å². The second-order valence-electron chi connectivity index (χ2n) is 7.09. The first-order valence-corrected chi connectivity index (χ1v) is 10.6. The summed E-state index contributed by atoms with van der Waals surface area (Å²) in [6.45, 7) is 7.02. The molecule has 148 valence electrons. The molecule has 0 bridgehead atoms. The number of carbonyl (C=O) groups excluding carboxylic acids is 2. The van der Waals surface area contributed by atoms with Gasteiger partial charge in [0, 0.05) is 36.5 Å². The van der Waals surface area contributed by atoms with Crippen molar-refractivity contribution in [1.29, 1.82) is 0 Å². The number of likely N-dealkylation sites (tertiary alicyclic amines) is 1. The average molecular weight is 394 g/mol. The summed E-state index contributed by atoms with van der Waals surface area (Å²) in [6, 6.07) is -0.175. The molecule has 1 aromatic heterocycles. The van der Waals surface area contributed by atoms with Crippen LogP contribution in [0.3, 0.4) is 0 Å². The fourth-order valence-corrected chi connectivity index (χ4v) is 5.05. The minimum atomic E-state index is -0.244. The molecule has 3 heterocycles. The molecule has 8 heteroatoms. The Hall–Kier alpha value is -1.83. The highest BCUT2D eigenvalue weighted by molar-refractivity contribution is 7.99. The maximum Gasteiger partial charge on any atom is 0.310 e. The van der Waals surface area contributed by atoms with E-state index in [1.165, 1.54) is 11.8 Å². The molecule has 2 aliphatic heterocycles. The van der Waals surface area contributed by atoms with E-state index in [0.717, 1.165) is 24.1 Å². The molecule has 0 N–H and O–H groups in total. The van der Waals surface area contributed by atoms with E-state index in [1.54, 1.807) is 16.4 Å². The first kappa shape index (κ1) is 19.9. The van der Waals surface area contributed by atoms with E-state index in [2.05, 4.69) is 4.98 Å². The topological polar surface area (TPSA) is 81.5 Å². The van der Waals surface area contributed by atoms with Gasteiger partial charge in [-0.15, -0.1) is 0 Å². The highest BCUT2D eigenvalue weighted by Gasteiger charge is 2.33. The Bertz CT molecular complexity index is 792. The van der Waals surface area contributed by atoms with Crippen LogP contribution in [0.15, 0.2) is 9.95 Å². The fraction of sp³-hybridized carbons (Fsp3) is 0.684. The Morgan fingerprint density at radius 1 is 1.33 bits per heavy atom. The number of esters is 1. The molecule has 0 radical (unpaired) electrons. The van der Waals surface area contributed by atoms with Gasteiger partial charge in [-0.3, -0.25) is 19.0 Å². The number of thioether (sulfide) groups is 1. The lowest BCUT2D eigenvalue weighted by Crippen LogP contribution is -2.43. The van der Waals surface area contributed by atoms with E-state index in [0.29, 0.717) is 37.0 Å². The Morgan fingerprint density at radius 3 is 2.81 bits per heavy atom. The van der Waals surface area contributed by atoms with Gasteiger partial charge in [-0.2, -0.15) is 0 Å². The molecular weight excluding hydrogens is 366 g/mol. The third-order valence-electron chi connectivity index (χ3n) is 5.31. The van der Waals surface area contributed by atoms with Crippen molar-refractivity contribution in [3.8, 4) is 0 Å². The van der Waals surface area contributed by atoms with Gasteiger partial charge in [0.2, 0.25) is 5.91 Å². The summed E-state index contributed by atoms with van der Waals surface area (Å²) in [4.78, 5) is 44.0. The minimum absolute atomic E-state index is 0.00651. The quantitative estimate of drug-likeness (QED) is 0.562. The van der Waals surface area contributed by atoms with Gasteiger partial charge >= 0.3 is 5.97 Å². The van der Waals surface area contributed by atoms with Crippen molar-refractivity contribution in [3.05, 3.63) is 21.6 Å². The minimum Gasteiger partial charge on any atom is -0.466 e. The molecule has 1 fully saturated rings. The van der Waals surface area contributed by atoms with Gasteiger partial charge in [-0.1, -0.05) is 18.7 Å². The summed E-state index contributed by atoms with van der Waals surface area (Å²) in [5.74, 6) is 0.204. The van der Waals surface area contributed by atoms with E-state index in [9.17, 15) is 14.4 Å². The number of nitrogens with zero attached hydrogens (tertiary/aromatic N) is 3. The normalized spacial score (nSPS) is 21.8. The van der Waals surface area contributed by atoms with Crippen LogP contribution in [0, 0.1) is 12.8 Å². The Morgan fingerprint density at radius 2 is 2.11 bits per heavy atom. The van der Waals surface area contributed by atoms with Gasteiger partial charge in [0.05, 0.1) is 18.6 Å². The van der Waals surface area contributed by atoms with Gasteiger partial charge in [0.15, 0.2) is 5.16 Å². The number of aromatic nitrogens is 2. The standard InChI is InChI=1S/C19H27N3O4S/c1-4-15-12(3)20-19-22(17(15)24)14(11-27-19)9-16(23)21-8-6-7-13(10-21)18(25)26-5-2/h13-14H,4-11H2,1-3H3. The van der Waals surface area contributed by atoms with E-state index >= 15 is 0 Å². The van der Waals surface area contributed by atoms with E-state index in [4.69, 9.17) is 4.74 Å². The zero-order chi connectivity index (χ0) is 19.6. The lowest BCUT2D eigenvalue weighted by atomic mass is 9.97. The van der Waals surface area contributed by atoms with Crippen LogP contribution in [0.2, 0.25) is 0 Å². The first-order chi connectivity index (χ1) is 13.0. The van der Waals surface area contributed by atoms with Crippen LogP contribution in [0.4, 0.5) is 0 Å². The number of aryl methyl sites for hydroxylation is 1. The van der Waals surface area contributed by atoms with Crippen molar-refractivity contribution < 1.29 is 14.3 Å². The number of fused-ring (bicyclic) bond motifs is 1. The number of carbonyl (C=O) groups is 2. The highest BCUT2D eigenvalue weighted by Crippen LogP contribution is 2.33. The lowest BCUT2D eigenvalue weighted by Gasteiger charge is -2.32. The number of hydrogen-bond donors (Lipinski definition) is 0. The predicted octanol–water partition coefficient (Wildman–Crippen LogP) is 1.95. The van der Waals surface area contributed by atoms with Crippen molar-refractivity contribution >= 4 is 23.6 Å². The molecule has 0 aliphatic carbocycles. The van der Waals surface area contributed by atoms with Crippen molar-refractivity contribution in [3.63, 3.8) is 0 Å². The van der Waals surface area contributed by atoms with Crippen LogP contribution in [0.5, 0.6) is 0 Å². The molecule has 7 nitrogen and oxygen atoms in total. The molecule has 2 aliphatic rings. The van der Waals surface area contributed by atoms with Gasteiger partial charge in [0.1, 0.15) is 0 Å². The van der Waals surface area contributed by atoms with Gasteiger partial charge in [0.25, 0.3) is 5.56 Å². The molecule has 0 spiro atoms. The summed E-state index contributed by atoms with van der Waals surface area (Å²) in [7, 11) is 0. The fourth-order valence-electron chi connectivity index (χ4n) is 3.87. The smallest absolute Gasteiger partial charge is 0.310 e. The highest BCUT2D eigenvalue weighted by atomic mass is 32.2. The molecule has 27 heavy (non-hydrogen) atoms. The molecule has 2 atom stereocenters. The lowest BCUT2D eigenvalue weighted by molar-refractivity contribution is -0.151. The number of hydrogen-bond acceptors (Lipinski definition) is 6. The number of piperidine rings is 1. The zero-order valence-electron chi connectivity index (χ0n) is 16.2. The second kappa shape index (κ2) is 8.46. The van der Waals surface area contributed by atoms with Gasteiger partial charge in [-0.05, 0) is 33.1 Å². The summed E-state index contributed by atoms with van der Waals surface area (Å²) in [5.41, 5.74) is 1.48. The molecule has 1 amide bonds. The predicted molar refractivity (Wildman–Crippen MR) is 103 cm³/mol. The van der Waals surface area contributed by atoms with E-state index in [1.807, 2.05) is 13.8 Å². The van der Waals surface area contributed by atoms with Crippen LogP contribution in [-0.2, 0) is 20.7 Å². The van der Waals surface area contributed by atoms with Crippen molar-refractivity contribution in [2.45, 2.75) is 57.7 Å². The van der Waals surface area contributed by atoms with Crippen LogP contribution in [0.1, 0.15) is 50.4 Å². The summed E-state index contributed by atoms with van der Waals surface area (Å²) >= 11 is 1.53. The summed E-state index contributed by atoms with van der Waals surface area (Å²) in [5, 5.41) is 0.704. The van der Waals surface area contributed by atoms with Gasteiger partial charge < -0.3 is 9.64 Å². The second-order valence-corrected chi connectivity index (χ2v) is 8.07. The number of rotatable bonds is 5. The third-order valence-corrected chi connectivity index (χ3v) is 6.41. The number of ether oxygens (including phenoxy) is 1. The molecule has 1 aromatic rings.